The lowest BCUT2D eigenvalue weighted by molar-refractivity contribution is 1.54. The maximum absolute atomic E-state index is 2.47. The third-order valence-electron chi connectivity index (χ3n) is 9.54. The fraction of sp³-hybridized carbons (Fsp3) is 0.0222. The van der Waals surface area contributed by atoms with Crippen LogP contribution in [0.15, 0.2) is 164 Å². The Morgan fingerprint density at radius 3 is 1.18 bits per heavy atom. The molecular formula is C45H30. The van der Waals surface area contributed by atoms with E-state index in [2.05, 4.69) is 171 Å². The van der Waals surface area contributed by atoms with Gasteiger partial charge in [0.1, 0.15) is 0 Å². The molecule has 1 aliphatic carbocycles. The summed E-state index contributed by atoms with van der Waals surface area (Å²) in [5.74, 6) is 0. The summed E-state index contributed by atoms with van der Waals surface area (Å²) in [5, 5.41) is 5.25. The molecule has 0 heteroatoms. The summed E-state index contributed by atoms with van der Waals surface area (Å²) in [6.07, 6.45) is 0. The van der Waals surface area contributed by atoms with Crippen LogP contribution in [0.25, 0.3) is 88.3 Å². The molecule has 8 aromatic carbocycles. The Kier molecular flexibility index (Phi) is 5.83. The van der Waals surface area contributed by atoms with Crippen LogP contribution in [-0.4, -0.2) is 0 Å². The van der Waals surface area contributed by atoms with E-state index in [0.717, 1.165) is 0 Å². The van der Waals surface area contributed by atoms with Gasteiger partial charge in [0.05, 0.1) is 0 Å². The lowest BCUT2D eigenvalue weighted by Gasteiger charge is -2.23. The van der Waals surface area contributed by atoms with E-state index in [-0.39, 0.29) is 0 Å². The molecule has 0 radical (unpaired) electrons. The third kappa shape index (κ3) is 3.93. The fourth-order valence-electron chi connectivity index (χ4n) is 7.56. The molecule has 0 heterocycles. The number of benzene rings is 8. The molecule has 0 bridgehead atoms. The van der Waals surface area contributed by atoms with E-state index in [4.69, 9.17) is 0 Å². The first-order valence-electron chi connectivity index (χ1n) is 15.7. The van der Waals surface area contributed by atoms with Crippen molar-refractivity contribution in [2.75, 3.05) is 0 Å². The van der Waals surface area contributed by atoms with Crippen LogP contribution in [0.1, 0.15) is 5.56 Å². The van der Waals surface area contributed by atoms with Crippen LogP contribution in [0.3, 0.4) is 0 Å². The molecule has 0 aliphatic heterocycles. The van der Waals surface area contributed by atoms with Gasteiger partial charge in [-0.15, -0.1) is 0 Å². The largest absolute Gasteiger partial charge is 0.0622 e. The fourth-order valence-corrected chi connectivity index (χ4v) is 7.56. The number of hydrogen-bond donors (Lipinski definition) is 0. The highest BCUT2D eigenvalue weighted by Crippen LogP contribution is 2.58. The lowest BCUT2D eigenvalue weighted by atomic mass is 9.80. The molecule has 0 aromatic heterocycles. The smallest absolute Gasteiger partial charge is 0.000741 e. The Bertz CT molecular complexity index is 2250. The highest BCUT2D eigenvalue weighted by Gasteiger charge is 2.31. The number of fused-ring (bicyclic) bond motifs is 4. The van der Waals surface area contributed by atoms with Gasteiger partial charge in [-0.1, -0.05) is 152 Å². The average Bonchev–Trinajstić information content (AvgIpc) is 3.44. The lowest BCUT2D eigenvalue weighted by Crippen LogP contribution is -1.96. The van der Waals surface area contributed by atoms with Crippen LogP contribution >= 0.6 is 0 Å². The minimum absolute atomic E-state index is 1.22. The van der Waals surface area contributed by atoms with Gasteiger partial charge in [0, 0.05) is 0 Å². The molecule has 45 heavy (non-hydrogen) atoms. The molecule has 0 atom stereocenters. The second-order valence-corrected chi connectivity index (χ2v) is 12.1. The molecular weight excluding hydrogens is 540 g/mol. The molecule has 0 amide bonds. The molecule has 0 saturated carbocycles. The topological polar surface area (TPSA) is 0 Å². The van der Waals surface area contributed by atoms with Crippen molar-refractivity contribution < 1.29 is 0 Å². The summed E-state index contributed by atoms with van der Waals surface area (Å²) in [7, 11) is 0. The van der Waals surface area contributed by atoms with Crippen molar-refractivity contribution in [1.82, 2.24) is 0 Å². The zero-order valence-electron chi connectivity index (χ0n) is 25.1. The Balaban J connectivity index is 1.55. The van der Waals surface area contributed by atoms with Gasteiger partial charge >= 0.3 is 0 Å². The first kappa shape index (κ1) is 25.7. The molecule has 0 N–H and O–H groups in total. The number of hydrogen-bond acceptors (Lipinski definition) is 0. The monoisotopic (exact) mass is 570 g/mol. The minimum atomic E-state index is 1.22. The van der Waals surface area contributed by atoms with Gasteiger partial charge in [-0.05, 0) is 113 Å². The van der Waals surface area contributed by atoms with Gasteiger partial charge < -0.3 is 0 Å². The van der Waals surface area contributed by atoms with E-state index in [1.54, 1.807) is 0 Å². The molecule has 8 aromatic rings. The van der Waals surface area contributed by atoms with Crippen LogP contribution in [0.4, 0.5) is 0 Å². The van der Waals surface area contributed by atoms with Crippen LogP contribution in [-0.2, 0) is 0 Å². The van der Waals surface area contributed by atoms with Gasteiger partial charge in [-0.3, -0.25) is 0 Å². The van der Waals surface area contributed by atoms with Gasteiger partial charge in [-0.25, -0.2) is 0 Å². The molecule has 210 valence electrons. The van der Waals surface area contributed by atoms with E-state index in [0.29, 0.717) is 0 Å². The van der Waals surface area contributed by atoms with Crippen molar-refractivity contribution in [3.8, 4) is 66.8 Å². The maximum Gasteiger partial charge on any atom is -0.000741 e. The van der Waals surface area contributed by atoms with Crippen LogP contribution in [0.5, 0.6) is 0 Å². The average molecular weight is 571 g/mol. The molecule has 0 saturated heterocycles. The van der Waals surface area contributed by atoms with E-state index < -0.39 is 0 Å². The predicted molar refractivity (Wildman–Crippen MR) is 192 cm³/mol. The molecule has 1 aliphatic rings. The zero-order chi connectivity index (χ0) is 29.9. The Morgan fingerprint density at radius 1 is 0.289 bits per heavy atom. The number of rotatable bonds is 4. The standard InChI is InChI=1S/C45H30/c1-29-25-26-36-43-34(29)23-14-24-35(43)44-41(32-19-10-4-11-20-32)39-27-37(30-15-6-2-7-16-30)38(31-17-8-3-9-18-31)28-40(39)42(45(36)44)33-21-12-5-13-22-33/h2-28H,1H3. The van der Waals surface area contributed by atoms with Crippen LogP contribution < -0.4 is 0 Å². The first-order valence-corrected chi connectivity index (χ1v) is 15.7. The van der Waals surface area contributed by atoms with Crippen LogP contribution in [0, 0.1) is 6.92 Å². The van der Waals surface area contributed by atoms with Crippen LogP contribution in [0.2, 0.25) is 0 Å². The van der Waals surface area contributed by atoms with Gasteiger partial charge in [0.2, 0.25) is 0 Å². The molecule has 0 spiro atoms. The highest BCUT2D eigenvalue weighted by atomic mass is 14.3. The Morgan fingerprint density at radius 2 is 0.711 bits per heavy atom. The van der Waals surface area contributed by atoms with E-state index in [1.807, 2.05) is 0 Å². The van der Waals surface area contributed by atoms with Gasteiger partial charge in [-0.2, -0.15) is 0 Å². The Hall–Kier alpha value is -5.72. The van der Waals surface area contributed by atoms with Crippen molar-refractivity contribution in [3.05, 3.63) is 169 Å². The normalized spacial score (nSPS) is 11.7. The Labute approximate surface area is 263 Å². The van der Waals surface area contributed by atoms with Crippen molar-refractivity contribution in [2.45, 2.75) is 6.92 Å². The van der Waals surface area contributed by atoms with Crippen molar-refractivity contribution >= 4 is 21.5 Å². The van der Waals surface area contributed by atoms with E-state index in [1.165, 1.54) is 93.9 Å². The zero-order valence-corrected chi connectivity index (χ0v) is 25.1. The van der Waals surface area contributed by atoms with Crippen molar-refractivity contribution in [3.63, 3.8) is 0 Å². The summed E-state index contributed by atoms with van der Waals surface area (Å²) in [6, 6.07) is 60.2. The summed E-state index contributed by atoms with van der Waals surface area (Å²) in [4.78, 5) is 0. The summed E-state index contributed by atoms with van der Waals surface area (Å²) in [5.41, 5.74) is 16.7. The molecule has 0 fully saturated rings. The predicted octanol–water partition coefficient (Wildman–Crippen LogP) is 12.6. The summed E-state index contributed by atoms with van der Waals surface area (Å²) in [6.45, 7) is 2.23. The van der Waals surface area contributed by atoms with Gasteiger partial charge in [0.25, 0.3) is 0 Å². The van der Waals surface area contributed by atoms with Crippen molar-refractivity contribution in [1.29, 1.82) is 0 Å². The summed E-state index contributed by atoms with van der Waals surface area (Å²) >= 11 is 0. The minimum Gasteiger partial charge on any atom is -0.0622 e. The SMILES string of the molecule is Cc1ccc2c3c(cccc13)-c1c-2c(-c2ccccc2)c2cc(-c3ccccc3)c(-c3ccccc3)cc2c1-c1ccccc1. The van der Waals surface area contributed by atoms with Crippen molar-refractivity contribution in [2.24, 2.45) is 0 Å². The quantitative estimate of drug-likeness (QED) is 0.197. The van der Waals surface area contributed by atoms with Gasteiger partial charge in [0.15, 0.2) is 0 Å². The highest BCUT2D eigenvalue weighted by molar-refractivity contribution is 6.28. The maximum atomic E-state index is 2.47. The molecule has 0 nitrogen and oxygen atoms in total. The van der Waals surface area contributed by atoms with E-state index in [9.17, 15) is 0 Å². The third-order valence-corrected chi connectivity index (χ3v) is 9.54. The number of aryl methyl sites for hydroxylation is 1. The second-order valence-electron chi connectivity index (χ2n) is 12.1. The molecule has 0 unspecified atom stereocenters. The second kappa shape index (κ2) is 10.2. The van der Waals surface area contributed by atoms with E-state index >= 15 is 0 Å². The summed E-state index contributed by atoms with van der Waals surface area (Å²) < 4.78 is 0. The first-order chi connectivity index (χ1) is 22.3. The molecule has 9 rings (SSSR count).